The third kappa shape index (κ3) is 3.40. The van der Waals surface area contributed by atoms with Gasteiger partial charge in [-0.25, -0.2) is 13.1 Å². The van der Waals surface area contributed by atoms with E-state index in [0.717, 1.165) is 30.5 Å². The number of sulfonamides is 1. The van der Waals surface area contributed by atoms with Crippen molar-refractivity contribution in [3.63, 3.8) is 0 Å². The van der Waals surface area contributed by atoms with Crippen molar-refractivity contribution < 1.29 is 13.2 Å². The lowest BCUT2D eigenvalue weighted by atomic mass is 9.82. The molecule has 1 aliphatic rings. The molecule has 0 amide bonds. The first-order valence-corrected chi connectivity index (χ1v) is 9.25. The SMILES string of the molecule is COC1(CS(=O)(=O)Nc2cc(-n3cccn3)ccc2C)CCC1. The van der Waals surface area contributed by atoms with E-state index in [0.29, 0.717) is 5.69 Å². The average Bonchev–Trinajstić information content (AvgIpc) is 2.99. The summed E-state index contributed by atoms with van der Waals surface area (Å²) in [6, 6.07) is 7.40. The van der Waals surface area contributed by atoms with E-state index in [1.165, 1.54) is 0 Å². The van der Waals surface area contributed by atoms with Gasteiger partial charge in [-0.3, -0.25) is 4.72 Å². The first kappa shape index (κ1) is 16.0. The molecule has 6 nitrogen and oxygen atoms in total. The van der Waals surface area contributed by atoms with Gasteiger partial charge in [-0.05, 0) is 49.9 Å². The summed E-state index contributed by atoms with van der Waals surface area (Å²) in [5.41, 5.74) is 1.72. The Bertz CT molecular complexity index is 775. The molecule has 1 saturated carbocycles. The molecule has 7 heteroatoms. The largest absolute Gasteiger partial charge is 0.377 e. The third-order valence-corrected chi connectivity index (χ3v) is 5.84. The van der Waals surface area contributed by atoms with Crippen LogP contribution in [0.25, 0.3) is 5.69 Å². The van der Waals surface area contributed by atoms with E-state index in [2.05, 4.69) is 9.82 Å². The highest BCUT2D eigenvalue weighted by Gasteiger charge is 2.41. The molecular weight excluding hydrogens is 314 g/mol. The Kier molecular flexibility index (Phi) is 4.16. The van der Waals surface area contributed by atoms with Crippen molar-refractivity contribution in [3.8, 4) is 5.69 Å². The number of aromatic nitrogens is 2. The van der Waals surface area contributed by atoms with Crippen molar-refractivity contribution in [1.29, 1.82) is 0 Å². The van der Waals surface area contributed by atoms with Gasteiger partial charge in [0.15, 0.2) is 0 Å². The normalized spacial score (nSPS) is 16.8. The Labute approximate surface area is 136 Å². The molecular formula is C16H21N3O3S. The Hall–Kier alpha value is -1.86. The summed E-state index contributed by atoms with van der Waals surface area (Å²) in [6.07, 6.45) is 6.09. The van der Waals surface area contributed by atoms with Crippen LogP contribution in [0.2, 0.25) is 0 Å². The summed E-state index contributed by atoms with van der Waals surface area (Å²) < 4.78 is 34.8. The van der Waals surface area contributed by atoms with E-state index in [-0.39, 0.29) is 5.75 Å². The zero-order valence-electron chi connectivity index (χ0n) is 13.3. The van der Waals surface area contributed by atoms with Gasteiger partial charge in [-0.2, -0.15) is 5.10 Å². The number of hydrogen-bond donors (Lipinski definition) is 1. The lowest BCUT2D eigenvalue weighted by Crippen LogP contribution is -2.46. The maximum atomic E-state index is 12.5. The Morgan fingerprint density at radius 3 is 2.74 bits per heavy atom. The van der Waals surface area contributed by atoms with Crippen LogP contribution in [0, 0.1) is 6.92 Å². The van der Waals surface area contributed by atoms with E-state index in [1.807, 2.05) is 31.3 Å². The minimum atomic E-state index is -3.48. The van der Waals surface area contributed by atoms with Crippen LogP contribution in [0.3, 0.4) is 0 Å². The first-order valence-electron chi connectivity index (χ1n) is 7.59. The van der Waals surface area contributed by atoms with E-state index in [4.69, 9.17) is 4.74 Å². The number of nitrogens with zero attached hydrogens (tertiary/aromatic N) is 2. The lowest BCUT2D eigenvalue weighted by Gasteiger charge is -2.40. The van der Waals surface area contributed by atoms with Crippen LogP contribution in [0.15, 0.2) is 36.7 Å². The van der Waals surface area contributed by atoms with Crippen LogP contribution in [0.5, 0.6) is 0 Å². The number of rotatable bonds is 6. The van der Waals surface area contributed by atoms with Gasteiger partial charge < -0.3 is 4.74 Å². The van der Waals surface area contributed by atoms with Gasteiger partial charge in [0.2, 0.25) is 10.0 Å². The monoisotopic (exact) mass is 335 g/mol. The molecule has 1 N–H and O–H groups in total. The van der Waals surface area contributed by atoms with Gasteiger partial charge in [0.25, 0.3) is 0 Å². The number of aryl methyl sites for hydroxylation is 1. The molecule has 0 saturated heterocycles. The van der Waals surface area contributed by atoms with Crippen LogP contribution < -0.4 is 4.72 Å². The second-order valence-corrected chi connectivity index (χ2v) is 7.77. The number of benzene rings is 1. The highest BCUT2D eigenvalue weighted by molar-refractivity contribution is 7.92. The van der Waals surface area contributed by atoms with Crippen molar-refractivity contribution in [2.75, 3.05) is 17.6 Å². The third-order valence-electron chi connectivity index (χ3n) is 4.41. The molecule has 0 spiro atoms. The van der Waals surface area contributed by atoms with E-state index >= 15 is 0 Å². The van der Waals surface area contributed by atoms with Crippen LogP contribution >= 0.6 is 0 Å². The molecule has 0 radical (unpaired) electrons. The number of methoxy groups -OCH3 is 1. The minimum absolute atomic E-state index is 0.0120. The summed E-state index contributed by atoms with van der Waals surface area (Å²) in [6.45, 7) is 1.88. The van der Waals surface area contributed by atoms with Crippen LogP contribution in [-0.4, -0.2) is 36.7 Å². The highest BCUT2D eigenvalue weighted by Crippen LogP contribution is 2.36. The summed E-state index contributed by atoms with van der Waals surface area (Å²) >= 11 is 0. The fraction of sp³-hybridized carbons (Fsp3) is 0.438. The molecule has 0 bridgehead atoms. The van der Waals surface area contributed by atoms with Crippen molar-refractivity contribution in [3.05, 3.63) is 42.2 Å². The highest BCUT2D eigenvalue weighted by atomic mass is 32.2. The van der Waals surface area contributed by atoms with Gasteiger partial charge in [-0.15, -0.1) is 0 Å². The predicted octanol–water partition coefficient (Wildman–Crippen LogP) is 2.49. The van der Waals surface area contributed by atoms with Gasteiger partial charge >= 0.3 is 0 Å². The van der Waals surface area contributed by atoms with Crippen molar-refractivity contribution in [2.45, 2.75) is 31.8 Å². The molecule has 1 heterocycles. The summed E-state index contributed by atoms with van der Waals surface area (Å²) in [7, 11) is -1.90. The molecule has 0 atom stereocenters. The topological polar surface area (TPSA) is 73.2 Å². The van der Waals surface area contributed by atoms with Crippen LogP contribution in [0.1, 0.15) is 24.8 Å². The van der Waals surface area contributed by atoms with Crippen LogP contribution in [0.4, 0.5) is 5.69 Å². The quantitative estimate of drug-likeness (QED) is 0.880. The number of anilines is 1. The Morgan fingerprint density at radius 1 is 1.39 bits per heavy atom. The van der Waals surface area contributed by atoms with Gasteiger partial charge in [0, 0.05) is 19.5 Å². The van der Waals surface area contributed by atoms with E-state index in [9.17, 15) is 8.42 Å². The zero-order chi connectivity index (χ0) is 16.5. The Morgan fingerprint density at radius 2 is 2.17 bits per heavy atom. The lowest BCUT2D eigenvalue weighted by molar-refractivity contribution is -0.0524. The predicted molar refractivity (Wildman–Crippen MR) is 89.3 cm³/mol. The molecule has 1 aromatic heterocycles. The van der Waals surface area contributed by atoms with Crippen LogP contribution in [-0.2, 0) is 14.8 Å². The van der Waals surface area contributed by atoms with Gasteiger partial charge in [-0.1, -0.05) is 6.07 Å². The van der Waals surface area contributed by atoms with E-state index < -0.39 is 15.6 Å². The van der Waals surface area contributed by atoms with Gasteiger partial charge in [0.05, 0.1) is 22.7 Å². The second kappa shape index (κ2) is 5.98. The number of hydrogen-bond acceptors (Lipinski definition) is 4. The maximum absolute atomic E-state index is 12.5. The molecule has 0 unspecified atom stereocenters. The zero-order valence-corrected chi connectivity index (χ0v) is 14.1. The molecule has 0 aliphatic heterocycles. The fourth-order valence-corrected chi connectivity index (χ4v) is 4.54. The van der Waals surface area contributed by atoms with Gasteiger partial charge in [0.1, 0.15) is 0 Å². The number of ether oxygens (including phenoxy) is 1. The van der Waals surface area contributed by atoms with E-state index in [1.54, 1.807) is 24.1 Å². The second-order valence-electron chi connectivity index (χ2n) is 6.05. The molecule has 3 rings (SSSR count). The molecule has 1 fully saturated rings. The first-order chi connectivity index (χ1) is 10.9. The molecule has 2 aromatic rings. The maximum Gasteiger partial charge on any atom is 0.235 e. The summed E-state index contributed by atoms with van der Waals surface area (Å²) in [4.78, 5) is 0. The van der Waals surface area contributed by atoms with Crippen molar-refractivity contribution in [1.82, 2.24) is 9.78 Å². The Balaban J connectivity index is 1.83. The smallest absolute Gasteiger partial charge is 0.235 e. The summed E-state index contributed by atoms with van der Waals surface area (Å²) in [5.74, 6) is -0.0120. The summed E-state index contributed by atoms with van der Waals surface area (Å²) in [5, 5.41) is 4.17. The van der Waals surface area contributed by atoms with Crippen molar-refractivity contribution in [2.24, 2.45) is 0 Å². The molecule has 1 aliphatic carbocycles. The standard InChI is InChI=1S/C16H21N3O3S/c1-13-5-6-14(19-10-4-9-17-19)11-15(13)18-23(20,21)12-16(22-2)7-3-8-16/h4-6,9-11,18H,3,7-8,12H2,1-2H3. The average molecular weight is 335 g/mol. The molecule has 23 heavy (non-hydrogen) atoms. The minimum Gasteiger partial charge on any atom is -0.377 e. The molecule has 124 valence electrons. The molecule has 1 aromatic carbocycles. The fourth-order valence-electron chi connectivity index (χ4n) is 2.81. The number of nitrogens with one attached hydrogen (secondary N) is 1. The van der Waals surface area contributed by atoms with Crippen molar-refractivity contribution >= 4 is 15.7 Å².